The van der Waals surface area contributed by atoms with E-state index < -0.39 is 11.4 Å². The number of carbonyl (C=O) groups is 2. The van der Waals surface area contributed by atoms with Gasteiger partial charge in [-0.05, 0) is 79.8 Å². The first-order chi connectivity index (χ1) is 25.3. The van der Waals surface area contributed by atoms with E-state index in [0.717, 1.165) is 65.4 Å². The maximum absolute atomic E-state index is 13.9. The van der Waals surface area contributed by atoms with Crippen LogP contribution in [0.1, 0.15) is 96.8 Å². The third-order valence-corrected chi connectivity index (χ3v) is 11.2. The van der Waals surface area contributed by atoms with E-state index in [9.17, 15) is 19.8 Å². The number of likely N-dealkylation sites (N-methyl/N-ethyl adjacent to an activating group) is 1. The molecular weight excluding hydrogens is 659 g/mol. The summed E-state index contributed by atoms with van der Waals surface area (Å²) in [6.07, 6.45) is 12.0. The minimum absolute atomic E-state index is 0.207. The predicted molar refractivity (Wildman–Crippen MR) is 210 cm³/mol. The number of nitrogens with zero attached hydrogens (tertiary/aromatic N) is 3. The van der Waals surface area contributed by atoms with Gasteiger partial charge in [0, 0.05) is 58.6 Å². The summed E-state index contributed by atoms with van der Waals surface area (Å²) in [5.41, 5.74) is 8.32. The fourth-order valence-corrected chi connectivity index (χ4v) is 8.10. The van der Waals surface area contributed by atoms with Crippen molar-refractivity contribution in [3.8, 4) is 17.2 Å². The van der Waals surface area contributed by atoms with E-state index in [2.05, 4.69) is 81.3 Å². The first kappa shape index (κ1) is 37.3. The Morgan fingerprint density at radius 3 is 2.23 bits per heavy atom. The molecule has 1 aliphatic carbocycles. The molecule has 3 aromatic carbocycles. The number of unbranched alkanes of at least 4 members (excludes halogenated alkanes) is 5. The smallest absolute Gasteiger partial charge is 0.346 e. The summed E-state index contributed by atoms with van der Waals surface area (Å²) >= 11 is 0. The van der Waals surface area contributed by atoms with Crippen molar-refractivity contribution in [2.24, 2.45) is 0 Å². The van der Waals surface area contributed by atoms with E-state index in [1.807, 2.05) is 48.6 Å². The van der Waals surface area contributed by atoms with Gasteiger partial charge in [-0.1, -0.05) is 94.7 Å². The molecule has 0 aromatic heterocycles. The van der Waals surface area contributed by atoms with Crippen molar-refractivity contribution in [2.75, 3.05) is 18.0 Å². The van der Waals surface area contributed by atoms with E-state index in [-0.39, 0.29) is 33.7 Å². The number of aliphatic carboxylic acids is 1. The first-order valence-corrected chi connectivity index (χ1v) is 18.9. The summed E-state index contributed by atoms with van der Waals surface area (Å²) in [7, 11) is 0. The molecule has 2 heterocycles. The Kier molecular flexibility index (Phi) is 10.5. The Labute approximate surface area is 313 Å². The quantitative estimate of drug-likeness (QED) is 0.0823. The van der Waals surface area contributed by atoms with Crippen molar-refractivity contribution in [1.29, 1.82) is 5.26 Å². The van der Waals surface area contributed by atoms with Crippen LogP contribution in [0.25, 0.3) is 17.2 Å². The van der Waals surface area contributed by atoms with E-state index in [1.54, 1.807) is 6.07 Å². The second kappa shape index (κ2) is 14.9. The Morgan fingerprint density at radius 1 is 0.887 bits per heavy atom. The number of hydrogen-bond acceptors (Lipinski definition) is 5. The highest BCUT2D eigenvalue weighted by Gasteiger charge is 2.46. The van der Waals surface area contributed by atoms with Gasteiger partial charge in [-0.3, -0.25) is 4.79 Å². The number of rotatable bonds is 13. The van der Waals surface area contributed by atoms with Crippen LogP contribution < -0.4 is 10.0 Å². The van der Waals surface area contributed by atoms with Crippen LogP contribution in [0, 0.1) is 11.3 Å². The van der Waals surface area contributed by atoms with Crippen LogP contribution in [0.15, 0.2) is 107 Å². The summed E-state index contributed by atoms with van der Waals surface area (Å²) in [6, 6.07) is 23.9. The summed E-state index contributed by atoms with van der Waals surface area (Å²) < 4.78 is 2.31. The Hall–Kier alpha value is -5.48. The lowest BCUT2D eigenvalue weighted by molar-refractivity contribution is -0.438. The summed E-state index contributed by atoms with van der Waals surface area (Å²) in [4.78, 5) is 27.4. The number of carboxylic acids is 1. The van der Waals surface area contributed by atoms with Gasteiger partial charge in [0.15, 0.2) is 11.5 Å². The topological polar surface area (TPSA) is 107 Å². The molecule has 272 valence electrons. The SMILES string of the molecule is CCCCCCCC[N+]1=C(/C=C2\C(=O)C(/C=C3/N(CC)c4ccccc4C3(C)C)=C2[O-])C(C)(C)c2cc(-c3ccc(/C=C(\C#N)C(=O)O)cc3)ccc21. The van der Waals surface area contributed by atoms with Gasteiger partial charge in [-0.2, -0.15) is 9.84 Å². The van der Waals surface area contributed by atoms with Gasteiger partial charge >= 0.3 is 5.97 Å². The lowest BCUT2D eigenvalue weighted by atomic mass is 9.77. The minimum Gasteiger partial charge on any atom is -0.871 e. The number of fused-ring (bicyclic) bond motifs is 2. The zero-order valence-electron chi connectivity index (χ0n) is 31.8. The molecular formula is C46H49N3O4. The molecule has 1 N–H and O–H groups in total. The van der Waals surface area contributed by atoms with Crippen LogP contribution in [0.5, 0.6) is 0 Å². The highest BCUT2D eigenvalue weighted by Crippen LogP contribution is 2.49. The molecule has 0 spiro atoms. The van der Waals surface area contributed by atoms with Gasteiger partial charge in [0.2, 0.25) is 5.69 Å². The predicted octanol–water partition coefficient (Wildman–Crippen LogP) is 8.91. The zero-order chi connectivity index (χ0) is 38.1. The number of para-hydroxylation sites is 1. The molecule has 2 aliphatic heterocycles. The lowest BCUT2D eigenvalue weighted by Gasteiger charge is -2.32. The van der Waals surface area contributed by atoms with Crippen molar-refractivity contribution < 1.29 is 24.4 Å². The molecule has 7 heteroatoms. The highest BCUT2D eigenvalue weighted by molar-refractivity contribution is 6.24. The van der Waals surface area contributed by atoms with Crippen molar-refractivity contribution in [1.82, 2.24) is 0 Å². The molecule has 0 unspecified atom stereocenters. The Balaban J connectivity index is 1.35. The number of hydrogen-bond donors (Lipinski definition) is 1. The van der Waals surface area contributed by atoms with Crippen LogP contribution in [0.2, 0.25) is 0 Å². The number of ketones is 1. The number of Topliss-reactive ketones (excluding diaryl/α,β-unsaturated/α-hetero) is 1. The largest absolute Gasteiger partial charge is 0.871 e. The number of carbonyl (C=O) groups excluding carboxylic acids is 1. The molecule has 3 aliphatic rings. The minimum atomic E-state index is -1.26. The monoisotopic (exact) mass is 707 g/mol. The lowest BCUT2D eigenvalue weighted by Crippen LogP contribution is -2.35. The number of nitriles is 1. The second-order valence-electron chi connectivity index (χ2n) is 15.3. The molecule has 0 fully saturated rings. The fourth-order valence-electron chi connectivity index (χ4n) is 8.10. The number of allylic oxidation sites excluding steroid dienone is 5. The van der Waals surface area contributed by atoms with Crippen LogP contribution in [0.3, 0.4) is 0 Å². The molecule has 53 heavy (non-hydrogen) atoms. The highest BCUT2D eigenvalue weighted by atomic mass is 16.4. The Morgan fingerprint density at radius 2 is 1.57 bits per heavy atom. The van der Waals surface area contributed by atoms with E-state index in [4.69, 9.17) is 5.26 Å². The van der Waals surface area contributed by atoms with Gasteiger partial charge < -0.3 is 15.1 Å². The zero-order valence-corrected chi connectivity index (χ0v) is 31.8. The maximum atomic E-state index is 13.9. The number of carboxylic acid groups (broad SMARTS) is 1. The van der Waals surface area contributed by atoms with Crippen molar-refractivity contribution in [2.45, 2.75) is 90.9 Å². The first-order valence-electron chi connectivity index (χ1n) is 18.9. The molecule has 0 saturated carbocycles. The molecule has 0 radical (unpaired) electrons. The fraction of sp³-hybridized carbons (Fsp3) is 0.348. The average Bonchev–Trinajstić information content (AvgIpc) is 3.50. The third-order valence-electron chi connectivity index (χ3n) is 11.2. The van der Waals surface area contributed by atoms with E-state index in [1.165, 1.54) is 37.3 Å². The van der Waals surface area contributed by atoms with Crippen LogP contribution >= 0.6 is 0 Å². The summed E-state index contributed by atoms with van der Waals surface area (Å²) in [5, 5.41) is 32.3. The molecule has 6 rings (SSSR count). The van der Waals surface area contributed by atoms with E-state index >= 15 is 0 Å². The molecule has 0 bridgehead atoms. The molecule has 0 saturated heterocycles. The van der Waals surface area contributed by atoms with Crippen LogP contribution in [0.4, 0.5) is 11.4 Å². The number of benzene rings is 3. The standard InChI is InChI=1S/C46H49N3O4/c1-7-9-10-11-12-15-24-49-39-23-22-32(31-20-18-30(19-21-31)25-33(29-47)44(52)53)26-37(39)46(5,6)41(49)28-35-42(50)34(43(35)51)27-40-45(3,4)36-16-13-14-17-38(36)48(40)8-2/h13-14,16-23,25-28H,7-12,15,24H2,1-6H3,(H-,50,51,52,53)/b33-25+. The average molecular weight is 708 g/mol. The molecule has 0 amide bonds. The normalized spacial score (nSPS) is 18.8. The van der Waals surface area contributed by atoms with Gasteiger partial charge in [-0.25, -0.2) is 4.79 Å². The van der Waals surface area contributed by atoms with Crippen LogP contribution in [-0.2, 0) is 20.4 Å². The molecule has 3 aromatic rings. The summed E-state index contributed by atoms with van der Waals surface area (Å²) in [5.74, 6) is -1.67. The van der Waals surface area contributed by atoms with Crippen molar-refractivity contribution in [3.63, 3.8) is 0 Å². The Bertz CT molecular complexity index is 2170. The van der Waals surface area contributed by atoms with E-state index in [0.29, 0.717) is 5.56 Å². The third kappa shape index (κ3) is 6.79. The van der Waals surface area contributed by atoms with Crippen LogP contribution in [-0.4, -0.2) is 40.2 Å². The number of anilines is 1. The van der Waals surface area contributed by atoms with Gasteiger partial charge in [-0.15, -0.1) is 0 Å². The second-order valence-corrected chi connectivity index (χ2v) is 15.3. The maximum Gasteiger partial charge on any atom is 0.346 e. The van der Waals surface area contributed by atoms with Gasteiger partial charge in [0.25, 0.3) is 0 Å². The summed E-state index contributed by atoms with van der Waals surface area (Å²) in [6.45, 7) is 14.4. The molecule has 0 atom stereocenters. The van der Waals surface area contributed by atoms with Gasteiger partial charge in [0.05, 0.1) is 5.41 Å². The van der Waals surface area contributed by atoms with Gasteiger partial charge in [0.1, 0.15) is 18.2 Å². The molecule has 7 nitrogen and oxygen atoms in total. The van der Waals surface area contributed by atoms with Crippen molar-refractivity contribution in [3.05, 3.63) is 124 Å². The van der Waals surface area contributed by atoms with Crippen molar-refractivity contribution >= 4 is 34.9 Å².